The molecule has 1 aliphatic carbocycles. The molecular weight excluding hydrogens is 316 g/mol. The molecule has 0 fully saturated rings. The molecule has 1 unspecified atom stereocenters. The zero-order chi connectivity index (χ0) is 18.2. The summed E-state index contributed by atoms with van der Waals surface area (Å²) in [5.41, 5.74) is 3.52. The Morgan fingerprint density at radius 3 is 1.79 bits per heavy atom. The highest BCUT2D eigenvalue weighted by molar-refractivity contribution is 7.90. The molecule has 0 saturated carbocycles. The Balaban J connectivity index is 2.67. The lowest BCUT2D eigenvalue weighted by molar-refractivity contribution is -0.117. The number of carbonyl (C=O) groups is 1. The van der Waals surface area contributed by atoms with Gasteiger partial charge in [0.05, 0.1) is 20.6 Å². The van der Waals surface area contributed by atoms with Gasteiger partial charge in [-0.05, 0) is 40.9 Å². The highest BCUT2D eigenvalue weighted by atomic mass is 32.2. The lowest BCUT2D eigenvalue weighted by Gasteiger charge is -2.22. The molecule has 0 N–H and O–H groups in total. The van der Waals surface area contributed by atoms with Crippen molar-refractivity contribution in [3.63, 3.8) is 0 Å². The Hall–Kier alpha value is -1.22. The van der Waals surface area contributed by atoms with Crippen molar-refractivity contribution in [2.45, 2.75) is 77.5 Å². The average molecular weight is 347 g/mol. The quantitative estimate of drug-likeness (QED) is 0.689. The summed E-state index contributed by atoms with van der Waals surface area (Å²) in [7, 11) is -1.38. The lowest BCUT2D eigenvalue weighted by atomic mass is 9.89. The van der Waals surface area contributed by atoms with Gasteiger partial charge in [0.15, 0.2) is 5.78 Å². The van der Waals surface area contributed by atoms with Gasteiger partial charge in [0.1, 0.15) is 0 Å². The molecule has 2 atom stereocenters. The Morgan fingerprint density at radius 2 is 1.46 bits per heavy atom. The van der Waals surface area contributed by atoms with Crippen molar-refractivity contribution in [1.82, 2.24) is 0 Å². The normalized spacial score (nSPS) is 19.5. The van der Waals surface area contributed by atoms with E-state index in [1.807, 2.05) is 13.0 Å². The minimum Gasteiger partial charge on any atom is -0.293 e. The third kappa shape index (κ3) is 3.56. The van der Waals surface area contributed by atoms with Gasteiger partial charge < -0.3 is 0 Å². The van der Waals surface area contributed by atoms with E-state index in [9.17, 15) is 9.00 Å². The summed E-state index contributed by atoms with van der Waals surface area (Å²) in [5, 5.41) is 0. The van der Waals surface area contributed by atoms with Crippen molar-refractivity contribution < 1.29 is 9.00 Å². The van der Waals surface area contributed by atoms with Gasteiger partial charge in [-0.15, -0.1) is 0 Å². The van der Waals surface area contributed by atoms with Crippen molar-refractivity contribution in [2.75, 3.05) is 0 Å². The van der Waals surface area contributed by atoms with Crippen molar-refractivity contribution >= 4 is 16.6 Å². The maximum Gasteiger partial charge on any atom is 0.174 e. The van der Waals surface area contributed by atoms with Crippen molar-refractivity contribution in [2.24, 2.45) is 5.92 Å². The van der Waals surface area contributed by atoms with E-state index in [-0.39, 0.29) is 23.5 Å². The van der Waals surface area contributed by atoms with Crippen LogP contribution >= 0.6 is 0 Å². The van der Waals surface area contributed by atoms with E-state index in [2.05, 4.69) is 53.7 Å². The van der Waals surface area contributed by atoms with Crippen LogP contribution in [0.4, 0.5) is 0 Å². The molecule has 0 aliphatic heterocycles. The van der Waals surface area contributed by atoms with Crippen LogP contribution in [0.15, 0.2) is 28.0 Å². The molecule has 0 saturated heterocycles. The van der Waals surface area contributed by atoms with E-state index in [0.29, 0.717) is 17.2 Å². The van der Waals surface area contributed by atoms with Crippen LogP contribution in [0, 0.1) is 5.92 Å². The fourth-order valence-corrected chi connectivity index (χ4v) is 4.98. The smallest absolute Gasteiger partial charge is 0.174 e. The number of hydrogen-bond acceptors (Lipinski definition) is 2. The second kappa shape index (κ2) is 7.35. The second-order valence-electron chi connectivity index (χ2n) is 7.83. The molecule has 0 aromatic heterocycles. The highest BCUT2D eigenvalue weighted by Gasteiger charge is 2.31. The van der Waals surface area contributed by atoms with Crippen LogP contribution in [0.3, 0.4) is 0 Å². The average Bonchev–Trinajstić information content (AvgIpc) is 2.84. The third-order valence-electron chi connectivity index (χ3n) is 4.81. The fraction of sp³-hybridized carbons (Fsp3) is 0.571. The van der Waals surface area contributed by atoms with Gasteiger partial charge in [0.2, 0.25) is 0 Å². The van der Waals surface area contributed by atoms with E-state index in [1.54, 1.807) is 0 Å². The fourth-order valence-electron chi connectivity index (χ4n) is 3.11. The molecule has 0 radical (unpaired) electrons. The molecule has 0 amide bonds. The summed E-state index contributed by atoms with van der Waals surface area (Å²) in [6.45, 7) is 14.8. The summed E-state index contributed by atoms with van der Waals surface area (Å²) in [4.78, 5) is 13.8. The summed E-state index contributed by atoms with van der Waals surface area (Å²) in [5.74, 6) is 0.980. The molecule has 0 spiro atoms. The van der Waals surface area contributed by atoms with E-state index in [4.69, 9.17) is 0 Å². The van der Waals surface area contributed by atoms with Crippen LogP contribution in [0.5, 0.6) is 0 Å². The Labute approximate surface area is 149 Å². The summed E-state index contributed by atoms with van der Waals surface area (Å²) in [6.07, 6.45) is 2.59. The summed E-state index contributed by atoms with van der Waals surface area (Å²) in [6, 6.07) is 4.38. The minimum absolute atomic E-state index is 0.0381. The lowest BCUT2D eigenvalue weighted by Crippen LogP contribution is -2.14. The number of carbonyl (C=O) groups excluding carboxylic acids is 1. The first-order chi connectivity index (χ1) is 11.1. The highest BCUT2D eigenvalue weighted by Crippen LogP contribution is 2.37. The number of rotatable bonds is 5. The van der Waals surface area contributed by atoms with Crippen LogP contribution in [-0.4, -0.2) is 9.99 Å². The Bertz CT molecular complexity index is 667. The zero-order valence-corrected chi connectivity index (χ0v) is 16.8. The predicted molar refractivity (Wildman–Crippen MR) is 102 cm³/mol. The zero-order valence-electron chi connectivity index (χ0n) is 16.0. The first-order valence-electron chi connectivity index (χ1n) is 8.99. The van der Waals surface area contributed by atoms with E-state index < -0.39 is 10.8 Å². The monoisotopic (exact) mass is 346 g/mol. The molecule has 1 aliphatic rings. The largest absolute Gasteiger partial charge is 0.293 e. The number of benzene rings is 1. The van der Waals surface area contributed by atoms with E-state index >= 15 is 0 Å². The molecule has 2 nitrogen and oxygen atoms in total. The van der Waals surface area contributed by atoms with Crippen molar-refractivity contribution in [3.05, 3.63) is 39.8 Å². The molecule has 1 aromatic rings. The van der Waals surface area contributed by atoms with E-state index in [1.165, 1.54) is 5.56 Å². The SMILES string of the molecule is CC(C)c1cc(C(C)C)c(S(=O)C2=CC[C@@H](C)C2=O)c(C(C)C)c1. The maximum atomic E-state index is 13.4. The molecule has 0 heterocycles. The standard InChI is InChI=1S/C21H30O2S/c1-12(2)16-10-17(13(3)4)21(18(11-16)14(5)6)24(23)19-9-8-15(7)20(19)22/h9-15H,8H2,1-7H3/t15-,24?/m1/s1. The summed E-state index contributed by atoms with van der Waals surface area (Å²) < 4.78 is 13.4. The maximum absolute atomic E-state index is 13.4. The second-order valence-corrected chi connectivity index (χ2v) is 9.22. The van der Waals surface area contributed by atoms with Crippen LogP contribution in [0.2, 0.25) is 0 Å². The summed E-state index contributed by atoms with van der Waals surface area (Å²) >= 11 is 0. The van der Waals surface area contributed by atoms with Gasteiger partial charge in [0.25, 0.3) is 0 Å². The number of ketones is 1. The molecule has 3 heteroatoms. The number of Topliss-reactive ketones (excluding diaryl/α,β-unsaturated/α-hetero) is 1. The Morgan fingerprint density at radius 1 is 0.958 bits per heavy atom. The Kier molecular flexibility index (Phi) is 5.85. The van der Waals surface area contributed by atoms with Crippen LogP contribution in [-0.2, 0) is 15.6 Å². The van der Waals surface area contributed by atoms with Crippen LogP contribution in [0.25, 0.3) is 0 Å². The molecule has 132 valence electrons. The van der Waals surface area contributed by atoms with Crippen LogP contribution in [0.1, 0.15) is 89.3 Å². The van der Waals surface area contributed by atoms with Gasteiger partial charge >= 0.3 is 0 Å². The van der Waals surface area contributed by atoms with Gasteiger partial charge in [-0.3, -0.25) is 4.79 Å². The molecule has 24 heavy (non-hydrogen) atoms. The third-order valence-corrected chi connectivity index (χ3v) is 6.42. The van der Waals surface area contributed by atoms with Gasteiger partial charge in [-0.1, -0.05) is 66.7 Å². The first-order valence-corrected chi connectivity index (χ1v) is 10.1. The van der Waals surface area contributed by atoms with Crippen LogP contribution < -0.4 is 0 Å². The topological polar surface area (TPSA) is 34.1 Å². The first kappa shape index (κ1) is 19.1. The minimum atomic E-state index is -1.38. The van der Waals surface area contributed by atoms with Gasteiger partial charge in [0, 0.05) is 5.92 Å². The molecule has 0 bridgehead atoms. The van der Waals surface area contributed by atoms with Gasteiger partial charge in [-0.25, -0.2) is 4.21 Å². The predicted octanol–water partition coefficient (Wildman–Crippen LogP) is 5.66. The van der Waals surface area contributed by atoms with Crippen molar-refractivity contribution in [3.8, 4) is 0 Å². The number of hydrogen-bond donors (Lipinski definition) is 0. The van der Waals surface area contributed by atoms with E-state index in [0.717, 1.165) is 16.0 Å². The molecular formula is C21H30O2S. The van der Waals surface area contributed by atoms with Crippen molar-refractivity contribution in [1.29, 1.82) is 0 Å². The molecule has 1 aromatic carbocycles. The number of allylic oxidation sites excluding steroid dienone is 2. The van der Waals surface area contributed by atoms with Gasteiger partial charge in [-0.2, -0.15) is 0 Å². The molecule has 2 rings (SSSR count).